The van der Waals surface area contributed by atoms with E-state index >= 15 is 0 Å². The van der Waals surface area contributed by atoms with E-state index in [4.69, 9.17) is 5.73 Å². The van der Waals surface area contributed by atoms with Crippen molar-refractivity contribution >= 4 is 34.6 Å². The lowest BCUT2D eigenvalue weighted by molar-refractivity contribution is 0.102. The van der Waals surface area contributed by atoms with Crippen LogP contribution in [0.25, 0.3) is 10.4 Å². The Bertz CT molecular complexity index is 1030. The van der Waals surface area contributed by atoms with Gasteiger partial charge in [-0.2, -0.15) is 0 Å². The lowest BCUT2D eigenvalue weighted by Gasteiger charge is -2.42. The van der Waals surface area contributed by atoms with E-state index in [1.165, 1.54) is 0 Å². The van der Waals surface area contributed by atoms with Crippen LogP contribution in [0.5, 0.6) is 0 Å². The molecule has 0 saturated carbocycles. The summed E-state index contributed by atoms with van der Waals surface area (Å²) in [5.74, 6) is 0.702. The van der Waals surface area contributed by atoms with Crippen LogP contribution in [0.3, 0.4) is 0 Å². The van der Waals surface area contributed by atoms with Gasteiger partial charge in [-0.25, -0.2) is 9.97 Å². The third-order valence-corrected chi connectivity index (χ3v) is 6.90. The quantitative estimate of drug-likeness (QED) is 0.431. The first-order valence-electron chi connectivity index (χ1n) is 10.5. The second-order valence-electron chi connectivity index (χ2n) is 8.21. The summed E-state index contributed by atoms with van der Waals surface area (Å²) in [5.41, 5.74) is 8.53. The fraction of sp³-hybridized carbons (Fsp3) is 0.348. The average Bonchev–Trinajstić information content (AvgIpc) is 3.31. The van der Waals surface area contributed by atoms with Crippen molar-refractivity contribution in [3.05, 3.63) is 53.7 Å². The number of piperidine rings is 1. The minimum atomic E-state index is -0.290. The molecule has 0 spiro atoms. The number of nitrogens with zero attached hydrogens (tertiary/aromatic N) is 2. The van der Waals surface area contributed by atoms with Crippen LogP contribution in [-0.2, 0) is 0 Å². The Kier molecular flexibility index (Phi) is 6.20. The summed E-state index contributed by atoms with van der Waals surface area (Å²) < 4.78 is 0. The highest BCUT2D eigenvalue weighted by atomic mass is 32.1. The van der Waals surface area contributed by atoms with Crippen LogP contribution in [0, 0.1) is 5.92 Å². The monoisotopic (exact) mass is 436 g/mol. The first-order valence-corrected chi connectivity index (χ1v) is 11.4. The van der Waals surface area contributed by atoms with Gasteiger partial charge in [0.2, 0.25) is 5.95 Å². The van der Waals surface area contributed by atoms with E-state index in [9.17, 15) is 4.79 Å². The van der Waals surface area contributed by atoms with Crippen LogP contribution in [0.1, 0.15) is 37.0 Å². The summed E-state index contributed by atoms with van der Waals surface area (Å²) in [5, 5.41) is 11.8. The molecule has 3 heterocycles. The van der Waals surface area contributed by atoms with Crippen molar-refractivity contribution < 1.29 is 4.79 Å². The van der Waals surface area contributed by atoms with E-state index in [-0.39, 0.29) is 11.4 Å². The van der Waals surface area contributed by atoms with Crippen LogP contribution in [0.15, 0.2) is 48.1 Å². The summed E-state index contributed by atoms with van der Waals surface area (Å²) >= 11 is 1.64. The molecule has 0 bridgehead atoms. The fourth-order valence-electron chi connectivity index (χ4n) is 3.91. The number of carbonyl (C=O) groups is 1. The van der Waals surface area contributed by atoms with Crippen molar-refractivity contribution in [2.24, 2.45) is 5.92 Å². The van der Waals surface area contributed by atoms with Crippen molar-refractivity contribution in [3.8, 4) is 10.4 Å². The first kappa shape index (κ1) is 21.3. The largest absolute Gasteiger partial charge is 0.397 e. The minimum Gasteiger partial charge on any atom is -0.397 e. The second-order valence-corrected chi connectivity index (χ2v) is 9.16. The fourth-order valence-corrected chi connectivity index (χ4v) is 4.63. The molecular weight excluding hydrogens is 408 g/mol. The van der Waals surface area contributed by atoms with Crippen molar-refractivity contribution in [1.82, 2.24) is 15.3 Å². The molecule has 0 atom stereocenters. The molecule has 162 valence electrons. The zero-order valence-corrected chi connectivity index (χ0v) is 18.6. The standard InChI is InChI=1S/C23H28N6OS/c1-15(2)23(7-9-25-10-8-23)29-22-26-13-17(14-27-22)21(30)28-19-12-16(5-6-18(19)24)20-4-3-11-31-20/h3-6,11-15,25H,7-10,24H2,1-2H3,(H,28,30)(H,26,27,29). The molecule has 1 aromatic carbocycles. The normalized spacial score (nSPS) is 15.6. The molecule has 5 N–H and O–H groups in total. The number of anilines is 3. The van der Waals surface area contributed by atoms with Gasteiger partial charge in [0.25, 0.3) is 5.91 Å². The van der Waals surface area contributed by atoms with Gasteiger partial charge in [0.1, 0.15) is 0 Å². The van der Waals surface area contributed by atoms with Gasteiger partial charge >= 0.3 is 0 Å². The maximum absolute atomic E-state index is 12.8. The van der Waals surface area contributed by atoms with Crippen molar-refractivity contribution in [3.63, 3.8) is 0 Å². The number of aromatic nitrogens is 2. The molecule has 1 saturated heterocycles. The Morgan fingerprint density at radius 3 is 2.58 bits per heavy atom. The van der Waals surface area contributed by atoms with Gasteiger partial charge in [-0.3, -0.25) is 4.79 Å². The van der Waals surface area contributed by atoms with Gasteiger partial charge in [0.15, 0.2) is 0 Å². The Labute approximate surface area is 186 Å². The van der Waals surface area contributed by atoms with Gasteiger partial charge in [-0.15, -0.1) is 11.3 Å². The molecule has 4 rings (SSSR count). The molecule has 1 fully saturated rings. The number of nitrogens with one attached hydrogen (secondary N) is 3. The van der Waals surface area contributed by atoms with Gasteiger partial charge < -0.3 is 21.7 Å². The number of nitrogen functional groups attached to an aromatic ring is 1. The molecule has 2 aromatic heterocycles. The Hall–Kier alpha value is -2.97. The molecule has 8 heteroatoms. The van der Waals surface area contributed by atoms with E-state index in [0.29, 0.717) is 28.8 Å². The number of carbonyl (C=O) groups excluding carboxylic acids is 1. The van der Waals surface area contributed by atoms with E-state index in [2.05, 4.69) is 39.8 Å². The number of nitrogens with two attached hydrogens (primary N) is 1. The molecule has 1 aliphatic heterocycles. The minimum absolute atomic E-state index is 0.0360. The summed E-state index contributed by atoms with van der Waals surface area (Å²) in [6.07, 6.45) is 5.13. The first-order chi connectivity index (χ1) is 15.0. The summed E-state index contributed by atoms with van der Waals surface area (Å²) in [4.78, 5) is 22.7. The molecule has 1 aliphatic rings. The number of hydrogen-bond donors (Lipinski definition) is 4. The lowest BCUT2D eigenvalue weighted by atomic mass is 9.78. The zero-order chi connectivity index (χ0) is 21.8. The average molecular weight is 437 g/mol. The maximum atomic E-state index is 12.8. The predicted octanol–water partition coefficient (Wildman–Crippen LogP) is 4.23. The summed E-state index contributed by atoms with van der Waals surface area (Å²) in [6, 6.07) is 9.67. The third-order valence-electron chi connectivity index (χ3n) is 5.98. The van der Waals surface area contributed by atoms with Gasteiger partial charge in [-0.1, -0.05) is 26.0 Å². The molecule has 0 aliphatic carbocycles. The molecular formula is C23H28N6OS. The van der Waals surface area contributed by atoms with Gasteiger partial charge in [0, 0.05) is 22.8 Å². The number of thiophene rings is 1. The van der Waals surface area contributed by atoms with Crippen molar-refractivity contribution in [1.29, 1.82) is 0 Å². The van der Waals surface area contributed by atoms with Crippen LogP contribution in [0.4, 0.5) is 17.3 Å². The number of hydrogen-bond acceptors (Lipinski definition) is 7. The third kappa shape index (κ3) is 4.70. The molecule has 0 unspecified atom stereocenters. The smallest absolute Gasteiger partial charge is 0.258 e. The van der Waals surface area contributed by atoms with E-state index < -0.39 is 0 Å². The van der Waals surface area contributed by atoms with Crippen LogP contribution >= 0.6 is 11.3 Å². The Morgan fingerprint density at radius 1 is 1.19 bits per heavy atom. The van der Waals surface area contributed by atoms with Gasteiger partial charge in [-0.05, 0) is 61.0 Å². The number of amides is 1. The highest BCUT2D eigenvalue weighted by Crippen LogP contribution is 2.31. The van der Waals surface area contributed by atoms with E-state index in [1.54, 1.807) is 29.8 Å². The van der Waals surface area contributed by atoms with Crippen molar-refractivity contribution in [2.75, 3.05) is 29.5 Å². The number of rotatable bonds is 6. The molecule has 31 heavy (non-hydrogen) atoms. The molecule has 0 radical (unpaired) electrons. The Balaban J connectivity index is 1.47. The second kappa shape index (κ2) is 9.03. The summed E-state index contributed by atoms with van der Waals surface area (Å²) in [6.45, 7) is 6.37. The van der Waals surface area contributed by atoms with Gasteiger partial charge in [0.05, 0.1) is 16.9 Å². The zero-order valence-electron chi connectivity index (χ0n) is 17.8. The predicted molar refractivity (Wildman–Crippen MR) is 127 cm³/mol. The topological polar surface area (TPSA) is 105 Å². The highest BCUT2D eigenvalue weighted by molar-refractivity contribution is 7.13. The highest BCUT2D eigenvalue weighted by Gasteiger charge is 2.35. The SMILES string of the molecule is CC(C)C1(Nc2ncc(C(=O)Nc3cc(-c4cccs4)ccc3N)cn2)CCNCC1. The van der Waals surface area contributed by atoms with E-state index in [0.717, 1.165) is 36.4 Å². The molecule has 7 nitrogen and oxygen atoms in total. The lowest BCUT2D eigenvalue weighted by Crippen LogP contribution is -2.51. The van der Waals surface area contributed by atoms with Crippen LogP contribution in [-0.4, -0.2) is 34.5 Å². The number of benzene rings is 1. The molecule has 1 amide bonds. The van der Waals surface area contributed by atoms with Crippen molar-refractivity contribution in [2.45, 2.75) is 32.2 Å². The van der Waals surface area contributed by atoms with E-state index in [1.807, 2.05) is 29.6 Å². The summed E-state index contributed by atoms with van der Waals surface area (Å²) in [7, 11) is 0. The Morgan fingerprint density at radius 2 is 1.94 bits per heavy atom. The molecule has 3 aromatic rings. The van der Waals surface area contributed by atoms with Crippen LogP contribution < -0.4 is 21.7 Å². The maximum Gasteiger partial charge on any atom is 0.258 e. The van der Waals surface area contributed by atoms with Crippen LogP contribution in [0.2, 0.25) is 0 Å².